The first kappa shape index (κ1) is 15.4. The monoisotopic (exact) mass is 346 g/mol. The number of fused-ring (bicyclic) bond motifs is 2. The highest BCUT2D eigenvalue weighted by Crippen LogP contribution is 2.36. The Hall–Kier alpha value is -2.82. The highest BCUT2D eigenvalue weighted by atomic mass is 16.3. The predicted octanol–water partition coefficient (Wildman–Crippen LogP) is 3.31. The molecule has 0 saturated carbocycles. The zero-order valence-electron chi connectivity index (χ0n) is 14.9. The molecule has 2 aliphatic rings. The minimum atomic E-state index is 0.323. The summed E-state index contributed by atoms with van der Waals surface area (Å²) in [6, 6.07) is 14.4. The van der Waals surface area contributed by atoms with Crippen molar-refractivity contribution in [2.45, 2.75) is 38.3 Å². The Morgan fingerprint density at radius 2 is 1.88 bits per heavy atom. The molecule has 1 N–H and O–H groups in total. The summed E-state index contributed by atoms with van der Waals surface area (Å²) in [6.07, 6.45) is 3.29. The number of aromatic nitrogens is 3. The zero-order chi connectivity index (χ0) is 17.7. The molecule has 5 nitrogen and oxygen atoms in total. The molecule has 0 saturated heterocycles. The maximum absolute atomic E-state index is 9.70. The number of aromatic hydroxyl groups is 1. The van der Waals surface area contributed by atoms with Gasteiger partial charge in [-0.3, -0.25) is 0 Å². The van der Waals surface area contributed by atoms with E-state index in [9.17, 15) is 5.11 Å². The Morgan fingerprint density at radius 3 is 2.81 bits per heavy atom. The quantitative estimate of drug-likeness (QED) is 0.790. The fraction of sp³-hybridized carbons (Fsp3) is 0.333. The van der Waals surface area contributed by atoms with Crippen molar-refractivity contribution >= 4 is 5.95 Å². The normalized spacial score (nSPS) is 18.2. The summed E-state index contributed by atoms with van der Waals surface area (Å²) in [6.45, 7) is 1.58. The molecule has 1 aromatic heterocycles. The Bertz CT molecular complexity index is 978. The summed E-state index contributed by atoms with van der Waals surface area (Å²) in [4.78, 5) is 2.23. The summed E-state index contributed by atoms with van der Waals surface area (Å²) in [5.41, 5.74) is 5.37. The van der Waals surface area contributed by atoms with E-state index in [1.807, 2.05) is 12.1 Å². The van der Waals surface area contributed by atoms with Crippen LogP contribution in [-0.4, -0.2) is 19.9 Å². The highest BCUT2D eigenvalue weighted by molar-refractivity contribution is 5.46. The standard InChI is InChI=1S/C21H22N4O/c1-24-20(11-15-7-6-14-4-2-3-5-19(14)15)22-23-21(24)25-12-16-8-9-18(26)10-17(16)13-25/h2-5,8-10,15,26H,6-7,11-13H2,1H3. The summed E-state index contributed by atoms with van der Waals surface area (Å²) < 4.78 is 2.13. The number of nitrogens with zero attached hydrogens (tertiary/aromatic N) is 4. The van der Waals surface area contributed by atoms with E-state index in [4.69, 9.17) is 0 Å². The van der Waals surface area contributed by atoms with Crippen LogP contribution in [-0.2, 0) is 33.0 Å². The van der Waals surface area contributed by atoms with Crippen LogP contribution in [0.5, 0.6) is 5.75 Å². The molecule has 1 aliphatic carbocycles. The molecular weight excluding hydrogens is 324 g/mol. The van der Waals surface area contributed by atoms with Gasteiger partial charge in [0.2, 0.25) is 5.95 Å². The molecule has 0 radical (unpaired) electrons. The maximum atomic E-state index is 9.70. The van der Waals surface area contributed by atoms with Gasteiger partial charge in [0.1, 0.15) is 11.6 Å². The zero-order valence-corrected chi connectivity index (χ0v) is 14.9. The highest BCUT2D eigenvalue weighted by Gasteiger charge is 2.27. The molecule has 0 spiro atoms. The Morgan fingerprint density at radius 1 is 1.04 bits per heavy atom. The molecular formula is C21H22N4O. The second kappa shape index (κ2) is 5.87. The molecule has 132 valence electrons. The van der Waals surface area contributed by atoms with Crippen LogP contribution in [0.3, 0.4) is 0 Å². The van der Waals surface area contributed by atoms with Gasteiger partial charge in [-0.25, -0.2) is 0 Å². The van der Waals surface area contributed by atoms with Crippen LogP contribution in [0.15, 0.2) is 42.5 Å². The van der Waals surface area contributed by atoms with Crippen LogP contribution in [0, 0.1) is 0 Å². The van der Waals surface area contributed by atoms with E-state index in [-0.39, 0.29) is 0 Å². The van der Waals surface area contributed by atoms with Crippen LogP contribution < -0.4 is 4.90 Å². The second-order valence-corrected chi connectivity index (χ2v) is 7.42. The Balaban J connectivity index is 1.37. The molecule has 2 aromatic carbocycles. The third-order valence-corrected chi connectivity index (χ3v) is 5.82. The molecule has 1 unspecified atom stereocenters. The number of phenolic OH excluding ortho intramolecular Hbond substituents is 1. The molecule has 0 fully saturated rings. The molecule has 5 heteroatoms. The van der Waals surface area contributed by atoms with Crippen molar-refractivity contribution in [3.8, 4) is 5.75 Å². The van der Waals surface area contributed by atoms with Crippen LogP contribution in [0.2, 0.25) is 0 Å². The van der Waals surface area contributed by atoms with E-state index >= 15 is 0 Å². The first-order valence-corrected chi connectivity index (χ1v) is 9.21. The molecule has 26 heavy (non-hydrogen) atoms. The lowest BCUT2D eigenvalue weighted by Gasteiger charge is -2.17. The smallest absolute Gasteiger partial charge is 0.227 e. The van der Waals surface area contributed by atoms with E-state index in [0.717, 1.165) is 37.7 Å². The van der Waals surface area contributed by atoms with E-state index in [1.165, 1.54) is 28.7 Å². The van der Waals surface area contributed by atoms with Crippen molar-refractivity contribution in [2.75, 3.05) is 4.90 Å². The van der Waals surface area contributed by atoms with Gasteiger partial charge in [-0.2, -0.15) is 0 Å². The fourth-order valence-corrected chi connectivity index (χ4v) is 4.41. The SMILES string of the molecule is Cn1c(CC2CCc3ccccc32)nnc1N1Cc2ccc(O)cc2C1. The van der Waals surface area contributed by atoms with Crippen molar-refractivity contribution in [1.82, 2.24) is 14.8 Å². The summed E-state index contributed by atoms with van der Waals surface area (Å²) in [5, 5.41) is 18.7. The number of benzene rings is 2. The van der Waals surface area contributed by atoms with E-state index in [1.54, 1.807) is 6.07 Å². The lowest BCUT2D eigenvalue weighted by Crippen LogP contribution is -2.19. The van der Waals surface area contributed by atoms with Gasteiger partial charge in [-0.1, -0.05) is 30.3 Å². The van der Waals surface area contributed by atoms with Crippen molar-refractivity contribution in [1.29, 1.82) is 0 Å². The third kappa shape index (κ3) is 2.46. The number of hydrogen-bond donors (Lipinski definition) is 1. The van der Waals surface area contributed by atoms with Gasteiger partial charge < -0.3 is 14.6 Å². The summed E-state index contributed by atoms with van der Waals surface area (Å²) in [5.74, 6) is 2.81. The van der Waals surface area contributed by atoms with Crippen molar-refractivity contribution in [3.05, 3.63) is 70.5 Å². The van der Waals surface area contributed by atoms with Crippen molar-refractivity contribution in [2.24, 2.45) is 7.05 Å². The number of aryl methyl sites for hydroxylation is 1. The van der Waals surface area contributed by atoms with Gasteiger partial charge in [0.25, 0.3) is 0 Å². The van der Waals surface area contributed by atoms with Gasteiger partial charge in [0.15, 0.2) is 0 Å². The van der Waals surface area contributed by atoms with Crippen molar-refractivity contribution in [3.63, 3.8) is 0 Å². The van der Waals surface area contributed by atoms with Crippen LogP contribution >= 0.6 is 0 Å². The van der Waals surface area contributed by atoms with Gasteiger partial charge in [0.05, 0.1) is 0 Å². The van der Waals surface area contributed by atoms with Crippen LogP contribution in [0.4, 0.5) is 5.95 Å². The molecule has 0 bridgehead atoms. The van der Waals surface area contributed by atoms with Crippen LogP contribution in [0.25, 0.3) is 0 Å². The molecule has 0 amide bonds. The minimum absolute atomic E-state index is 0.323. The molecule has 1 aliphatic heterocycles. The lowest BCUT2D eigenvalue weighted by atomic mass is 9.97. The van der Waals surface area contributed by atoms with Gasteiger partial charge >= 0.3 is 0 Å². The second-order valence-electron chi connectivity index (χ2n) is 7.42. The average molecular weight is 346 g/mol. The summed E-state index contributed by atoms with van der Waals surface area (Å²) in [7, 11) is 2.06. The number of phenols is 1. The Kier molecular flexibility index (Phi) is 3.48. The molecule has 3 aromatic rings. The third-order valence-electron chi connectivity index (χ3n) is 5.82. The van der Waals surface area contributed by atoms with E-state index < -0.39 is 0 Å². The molecule has 5 rings (SSSR count). The van der Waals surface area contributed by atoms with Gasteiger partial charge in [-0.15, -0.1) is 10.2 Å². The number of rotatable bonds is 3. The molecule has 1 atom stereocenters. The first-order chi connectivity index (χ1) is 12.7. The minimum Gasteiger partial charge on any atom is -0.508 e. The van der Waals surface area contributed by atoms with E-state index in [2.05, 4.69) is 51.0 Å². The van der Waals surface area contributed by atoms with Crippen molar-refractivity contribution < 1.29 is 5.11 Å². The van der Waals surface area contributed by atoms with Crippen LogP contribution in [0.1, 0.15) is 40.4 Å². The maximum Gasteiger partial charge on any atom is 0.227 e. The topological polar surface area (TPSA) is 54.2 Å². The van der Waals surface area contributed by atoms with Gasteiger partial charge in [-0.05, 0) is 53.1 Å². The summed E-state index contributed by atoms with van der Waals surface area (Å²) >= 11 is 0. The number of anilines is 1. The fourth-order valence-electron chi connectivity index (χ4n) is 4.41. The lowest BCUT2D eigenvalue weighted by molar-refractivity contribution is 0.474. The van der Waals surface area contributed by atoms with E-state index in [0.29, 0.717) is 11.7 Å². The largest absolute Gasteiger partial charge is 0.508 e. The number of hydrogen-bond acceptors (Lipinski definition) is 4. The Labute approximate surface area is 152 Å². The average Bonchev–Trinajstić information content (AvgIpc) is 3.33. The molecule has 2 heterocycles. The van der Waals surface area contributed by atoms with Gasteiger partial charge in [0, 0.05) is 26.6 Å². The predicted molar refractivity (Wildman–Crippen MR) is 100 cm³/mol. The first-order valence-electron chi connectivity index (χ1n) is 9.21.